The van der Waals surface area contributed by atoms with Crippen molar-refractivity contribution >= 4 is 184 Å². The summed E-state index contributed by atoms with van der Waals surface area (Å²) >= 11 is 39.2. The number of rotatable bonds is 10. The molecule has 0 spiro atoms. The molecule has 0 aromatic heterocycles. The third kappa shape index (κ3) is 8.55. The van der Waals surface area contributed by atoms with Crippen molar-refractivity contribution in [1.29, 1.82) is 0 Å². The number of halogens is 11. The van der Waals surface area contributed by atoms with E-state index < -0.39 is 9.05 Å². The predicted octanol–water partition coefficient (Wildman–Crippen LogP) is 12.7. The van der Waals surface area contributed by atoms with Gasteiger partial charge in [0.2, 0.25) is 0 Å². The first-order chi connectivity index (χ1) is 17.4. The molecular formula is C21H11Br11O4Si. The molecule has 16 heteroatoms. The van der Waals surface area contributed by atoms with Crippen LogP contribution in [0.1, 0.15) is 0 Å². The second-order valence-electron chi connectivity index (χ2n) is 6.88. The fourth-order valence-corrected chi connectivity index (χ4v) is 11.1. The topological polar surface area (TPSA) is 36.9 Å². The Kier molecular flexibility index (Phi) is 14.1. The van der Waals surface area contributed by atoms with Gasteiger partial charge in [-0.1, -0.05) is 31.9 Å². The van der Waals surface area contributed by atoms with Crippen molar-refractivity contribution in [3.8, 4) is 17.2 Å². The zero-order valence-electron chi connectivity index (χ0n) is 17.7. The Labute approximate surface area is 308 Å². The van der Waals surface area contributed by atoms with Crippen LogP contribution in [0.25, 0.3) is 0 Å². The van der Waals surface area contributed by atoms with Crippen LogP contribution in [0.4, 0.5) is 0 Å². The highest BCUT2D eigenvalue weighted by atomic mass is 79.9. The van der Waals surface area contributed by atoms with Crippen LogP contribution in [0.15, 0.2) is 76.7 Å². The van der Waals surface area contributed by atoms with Crippen molar-refractivity contribution in [2.75, 3.05) is 10.7 Å². The quantitative estimate of drug-likeness (QED) is 0.115. The molecule has 0 saturated heterocycles. The lowest BCUT2D eigenvalue weighted by Gasteiger charge is -2.32. The molecule has 3 aromatic rings. The SMILES string of the molecule is BrCC(CBr)O[Si](Oc1ccc(Br)c(Br)c1Br)(Oc1ccc(Br)c(Br)c1Br)Oc1ccc(Br)c(Br)c1Br. The summed E-state index contributed by atoms with van der Waals surface area (Å²) in [6.07, 6.45) is -0.348. The maximum Gasteiger partial charge on any atom is 0.893 e. The molecule has 0 unspecified atom stereocenters. The maximum atomic E-state index is 6.60. The van der Waals surface area contributed by atoms with Gasteiger partial charge in [0.25, 0.3) is 0 Å². The highest BCUT2D eigenvalue weighted by Gasteiger charge is 2.57. The molecule has 0 radical (unpaired) electrons. The first-order valence-corrected chi connectivity index (χ1v) is 20.7. The minimum absolute atomic E-state index is 0.348. The van der Waals surface area contributed by atoms with E-state index in [9.17, 15) is 0 Å². The van der Waals surface area contributed by atoms with Gasteiger partial charge in [0, 0.05) is 37.5 Å². The monoisotopic (exact) mass is 1220 g/mol. The van der Waals surface area contributed by atoms with E-state index in [1.807, 2.05) is 18.2 Å². The minimum Gasteiger partial charge on any atom is -0.460 e. The molecule has 200 valence electrons. The molecule has 0 atom stereocenters. The summed E-state index contributed by atoms with van der Waals surface area (Å²) in [4.78, 5) is 0. The Balaban J connectivity index is 2.24. The third-order valence-corrected chi connectivity index (χ3v) is 17.8. The zero-order valence-corrected chi connectivity index (χ0v) is 36.2. The molecule has 0 aliphatic carbocycles. The van der Waals surface area contributed by atoms with Crippen LogP contribution in [0.5, 0.6) is 17.2 Å². The second-order valence-corrected chi connectivity index (χ2v) is 17.3. The number of alkyl halides is 2. The van der Waals surface area contributed by atoms with Gasteiger partial charge < -0.3 is 17.7 Å². The summed E-state index contributed by atoms with van der Waals surface area (Å²) in [5.41, 5.74) is 0. The molecule has 0 heterocycles. The van der Waals surface area contributed by atoms with Gasteiger partial charge in [-0.25, -0.2) is 0 Å². The van der Waals surface area contributed by atoms with E-state index in [1.54, 1.807) is 18.2 Å². The van der Waals surface area contributed by atoms with Crippen molar-refractivity contribution < 1.29 is 17.7 Å². The van der Waals surface area contributed by atoms with Crippen LogP contribution in [0, 0.1) is 0 Å². The Morgan fingerprint density at radius 3 is 1.05 bits per heavy atom. The number of benzene rings is 3. The number of hydrogen-bond acceptors (Lipinski definition) is 4. The van der Waals surface area contributed by atoms with Crippen molar-refractivity contribution in [3.63, 3.8) is 0 Å². The predicted molar refractivity (Wildman–Crippen MR) is 189 cm³/mol. The standard InChI is InChI=1S/C21H11Br11O4Si/c22-7-9(8-23)33-37(34-13-4-1-10(24)16(27)19(13)30,35-14-5-2-11(25)17(28)20(14)31)36-15-6-3-12(26)18(29)21(15)32/h1-6,9H,7-8H2. The van der Waals surface area contributed by atoms with Gasteiger partial charge in [0.15, 0.2) is 0 Å². The number of hydrogen-bond donors (Lipinski definition) is 0. The average Bonchev–Trinajstić information content (AvgIpc) is 2.88. The van der Waals surface area contributed by atoms with E-state index in [0.717, 1.165) is 26.8 Å². The molecule has 0 aliphatic heterocycles. The van der Waals surface area contributed by atoms with Gasteiger partial charge in [-0.2, -0.15) is 0 Å². The first-order valence-electron chi connectivity index (χ1n) is 9.70. The lowest BCUT2D eigenvalue weighted by Crippen LogP contribution is -2.60. The van der Waals surface area contributed by atoms with Crippen molar-refractivity contribution in [1.82, 2.24) is 0 Å². The van der Waals surface area contributed by atoms with Crippen molar-refractivity contribution in [3.05, 3.63) is 76.7 Å². The minimum atomic E-state index is -4.10. The first kappa shape index (κ1) is 34.0. The highest BCUT2D eigenvalue weighted by molar-refractivity contribution is 9.15. The van der Waals surface area contributed by atoms with Crippen molar-refractivity contribution in [2.24, 2.45) is 0 Å². The molecule has 0 saturated carbocycles. The summed E-state index contributed by atoms with van der Waals surface area (Å²) in [6, 6.07) is 11.0. The molecule has 0 fully saturated rings. The molecule has 4 nitrogen and oxygen atoms in total. The van der Waals surface area contributed by atoms with E-state index in [1.165, 1.54) is 0 Å². The lowest BCUT2D eigenvalue weighted by molar-refractivity contribution is 0.0649. The van der Waals surface area contributed by atoms with Crippen LogP contribution >= 0.6 is 175 Å². The van der Waals surface area contributed by atoms with E-state index in [0.29, 0.717) is 41.3 Å². The van der Waals surface area contributed by atoms with Gasteiger partial charge in [-0.15, -0.1) is 0 Å². The molecule has 3 rings (SSSR count). The summed E-state index contributed by atoms with van der Waals surface area (Å²) < 4.78 is 33.2. The van der Waals surface area contributed by atoms with Gasteiger partial charge in [-0.3, -0.25) is 0 Å². The van der Waals surface area contributed by atoms with Crippen LogP contribution in [0.2, 0.25) is 0 Å². The maximum absolute atomic E-state index is 6.60. The zero-order chi connectivity index (χ0) is 27.5. The Morgan fingerprint density at radius 2 is 0.784 bits per heavy atom. The molecule has 0 amide bonds. The lowest BCUT2D eigenvalue weighted by atomic mass is 10.3. The normalized spacial score (nSPS) is 11.7. The van der Waals surface area contributed by atoms with Crippen LogP contribution in [0.3, 0.4) is 0 Å². The van der Waals surface area contributed by atoms with Crippen LogP contribution < -0.4 is 13.3 Å². The molecule has 0 N–H and O–H groups in total. The van der Waals surface area contributed by atoms with Crippen LogP contribution in [-0.4, -0.2) is 25.8 Å². The second kappa shape index (κ2) is 15.3. The highest BCUT2D eigenvalue weighted by Crippen LogP contribution is 2.44. The van der Waals surface area contributed by atoms with E-state index >= 15 is 0 Å². The average molecular weight is 1230 g/mol. The molecular weight excluding hydrogens is 1220 g/mol. The summed E-state index contributed by atoms with van der Waals surface area (Å²) in [6.45, 7) is 0. The van der Waals surface area contributed by atoms with Gasteiger partial charge in [-0.05, 0) is 180 Å². The fraction of sp³-hybridized carbons (Fsp3) is 0.143. The fourth-order valence-electron chi connectivity index (χ4n) is 2.61. The van der Waals surface area contributed by atoms with Gasteiger partial charge in [0.05, 0.1) is 19.5 Å². The van der Waals surface area contributed by atoms with Crippen molar-refractivity contribution in [2.45, 2.75) is 6.10 Å². The molecule has 0 aliphatic rings. The summed E-state index contributed by atoms with van der Waals surface area (Å²) in [5, 5.41) is 1.01. The van der Waals surface area contributed by atoms with Gasteiger partial charge in [0.1, 0.15) is 17.2 Å². The largest absolute Gasteiger partial charge is 0.893 e. The smallest absolute Gasteiger partial charge is 0.460 e. The van der Waals surface area contributed by atoms with E-state index in [2.05, 4.69) is 175 Å². The molecule has 3 aromatic carbocycles. The Hall–Kier alpha value is 2.52. The summed E-state index contributed by atoms with van der Waals surface area (Å²) in [5.74, 6) is 1.39. The molecule has 37 heavy (non-hydrogen) atoms. The third-order valence-electron chi connectivity index (χ3n) is 4.36. The summed E-state index contributed by atoms with van der Waals surface area (Å²) in [7, 11) is -4.10. The molecule has 0 bridgehead atoms. The van der Waals surface area contributed by atoms with E-state index in [4.69, 9.17) is 17.7 Å². The van der Waals surface area contributed by atoms with E-state index in [-0.39, 0.29) is 6.10 Å². The van der Waals surface area contributed by atoms with Crippen LogP contribution in [-0.2, 0) is 4.43 Å². The Bertz CT molecular complexity index is 1150. The Morgan fingerprint density at radius 1 is 0.486 bits per heavy atom. The van der Waals surface area contributed by atoms with Gasteiger partial charge >= 0.3 is 9.05 Å².